The summed E-state index contributed by atoms with van der Waals surface area (Å²) in [6, 6.07) is 0. The molecule has 0 saturated heterocycles. The van der Waals surface area contributed by atoms with Gasteiger partial charge in [0.05, 0.1) is 4.87 Å². The van der Waals surface area contributed by atoms with Gasteiger partial charge < -0.3 is 4.90 Å². The molecular formula is C23H36ClN. The van der Waals surface area contributed by atoms with E-state index in [0.29, 0.717) is 5.92 Å². The summed E-state index contributed by atoms with van der Waals surface area (Å²) in [5.74, 6) is 0.450. The molecule has 0 aromatic rings. The van der Waals surface area contributed by atoms with Gasteiger partial charge in [-0.1, -0.05) is 62.1 Å². The van der Waals surface area contributed by atoms with E-state index in [1.165, 1.54) is 11.1 Å². The molecule has 0 bridgehead atoms. The van der Waals surface area contributed by atoms with Crippen LogP contribution in [0.1, 0.15) is 41.5 Å². The van der Waals surface area contributed by atoms with Crippen molar-refractivity contribution in [2.24, 2.45) is 5.92 Å². The van der Waals surface area contributed by atoms with Gasteiger partial charge in [-0.15, -0.1) is 11.6 Å². The van der Waals surface area contributed by atoms with Crippen LogP contribution >= 0.6 is 11.6 Å². The third-order valence-corrected chi connectivity index (χ3v) is 4.57. The third-order valence-electron chi connectivity index (χ3n) is 4.37. The Labute approximate surface area is 161 Å². The molecule has 1 nitrogen and oxygen atoms in total. The normalized spacial score (nSPS) is 15.8. The maximum atomic E-state index is 6.46. The molecule has 0 spiro atoms. The Bertz CT molecular complexity index is 567. The van der Waals surface area contributed by atoms with Crippen LogP contribution in [0, 0.1) is 5.92 Å². The topological polar surface area (TPSA) is 3.24 Å². The molecule has 0 amide bonds. The maximum Gasteiger partial charge on any atom is 0.0641 e. The van der Waals surface area contributed by atoms with Crippen LogP contribution in [0.5, 0.6) is 0 Å². The fourth-order valence-electron chi connectivity index (χ4n) is 2.69. The molecule has 0 aliphatic heterocycles. The first-order valence-corrected chi connectivity index (χ1v) is 9.28. The second-order valence-corrected chi connectivity index (χ2v) is 8.13. The summed E-state index contributed by atoms with van der Waals surface area (Å²) in [6.45, 7) is 22.4. The van der Waals surface area contributed by atoms with Crippen LogP contribution in [0.15, 0.2) is 71.9 Å². The van der Waals surface area contributed by atoms with Crippen molar-refractivity contribution in [2.75, 3.05) is 20.1 Å². The first-order valence-electron chi connectivity index (χ1n) is 8.91. The lowest BCUT2D eigenvalue weighted by atomic mass is 9.94. The highest BCUT2D eigenvalue weighted by Gasteiger charge is 2.20. The van der Waals surface area contributed by atoms with Gasteiger partial charge in [0.15, 0.2) is 0 Å². The van der Waals surface area contributed by atoms with Crippen LogP contribution in [-0.4, -0.2) is 29.9 Å². The van der Waals surface area contributed by atoms with Crippen molar-refractivity contribution in [3.05, 3.63) is 71.9 Å². The quantitative estimate of drug-likeness (QED) is 0.308. The third kappa shape index (κ3) is 9.09. The molecule has 140 valence electrons. The number of likely N-dealkylation sites (N-methyl/N-ethyl adjacent to an activating group) is 1. The zero-order valence-electron chi connectivity index (χ0n) is 17.2. The number of rotatable bonds is 10. The lowest BCUT2D eigenvalue weighted by Gasteiger charge is -2.22. The summed E-state index contributed by atoms with van der Waals surface area (Å²) in [5.41, 5.74) is 4.75. The van der Waals surface area contributed by atoms with Crippen LogP contribution in [0.25, 0.3) is 0 Å². The minimum absolute atomic E-state index is 0.403. The first-order chi connectivity index (χ1) is 11.5. The summed E-state index contributed by atoms with van der Waals surface area (Å²) < 4.78 is 0. The van der Waals surface area contributed by atoms with E-state index in [1.54, 1.807) is 6.08 Å². The van der Waals surface area contributed by atoms with E-state index < -0.39 is 4.87 Å². The van der Waals surface area contributed by atoms with Gasteiger partial charge in [0.1, 0.15) is 0 Å². The van der Waals surface area contributed by atoms with E-state index in [1.807, 2.05) is 19.9 Å². The Morgan fingerprint density at radius 2 is 1.80 bits per heavy atom. The van der Waals surface area contributed by atoms with Gasteiger partial charge >= 0.3 is 0 Å². The Kier molecular flexibility index (Phi) is 10.7. The highest BCUT2D eigenvalue weighted by molar-refractivity contribution is 6.25. The van der Waals surface area contributed by atoms with Gasteiger partial charge in [-0.25, -0.2) is 0 Å². The highest BCUT2D eigenvalue weighted by Crippen LogP contribution is 2.29. The standard InChI is InChI=1S/C23H36ClN/c1-10-14-22(23(7,8)24)19(4)15-12-13-16-25(9)17-20(5)21(6)18(3)11-2/h10-15,20H,1,6,16-17H2,2-5,7-9H3/b13-12+,18-11-,19-15+,22-14-. The molecular weight excluding hydrogens is 326 g/mol. The molecule has 0 aliphatic rings. The number of allylic oxidation sites excluding steroid dienone is 8. The lowest BCUT2D eigenvalue weighted by molar-refractivity contribution is 0.333. The first kappa shape index (κ1) is 23.7. The largest absolute Gasteiger partial charge is 0.302 e. The SMILES string of the molecule is C=C/C=C(/C(C)=C/C=C/CN(C)CC(C)C(=C)/C(C)=C\C)C(C)(C)Cl. The highest BCUT2D eigenvalue weighted by atomic mass is 35.5. The van der Waals surface area contributed by atoms with Crippen molar-refractivity contribution < 1.29 is 0 Å². The van der Waals surface area contributed by atoms with E-state index in [4.69, 9.17) is 11.6 Å². The Morgan fingerprint density at radius 3 is 2.28 bits per heavy atom. The monoisotopic (exact) mass is 361 g/mol. The van der Waals surface area contributed by atoms with Gasteiger partial charge in [0.25, 0.3) is 0 Å². The zero-order chi connectivity index (χ0) is 19.6. The molecule has 1 atom stereocenters. The van der Waals surface area contributed by atoms with Crippen LogP contribution < -0.4 is 0 Å². The van der Waals surface area contributed by atoms with Crippen LogP contribution in [0.4, 0.5) is 0 Å². The molecule has 0 rings (SSSR count). The van der Waals surface area contributed by atoms with Crippen molar-refractivity contribution in [2.45, 2.75) is 46.4 Å². The Morgan fingerprint density at radius 1 is 1.20 bits per heavy atom. The van der Waals surface area contributed by atoms with Crippen molar-refractivity contribution in [1.82, 2.24) is 4.90 Å². The van der Waals surface area contributed by atoms with Crippen molar-refractivity contribution >= 4 is 11.6 Å². The molecule has 0 aromatic carbocycles. The molecule has 1 unspecified atom stereocenters. The second-order valence-electron chi connectivity index (χ2n) is 7.19. The predicted molar refractivity (Wildman–Crippen MR) is 116 cm³/mol. The molecule has 0 aromatic heterocycles. The van der Waals surface area contributed by atoms with Gasteiger partial charge in [-0.3, -0.25) is 0 Å². The van der Waals surface area contributed by atoms with E-state index in [-0.39, 0.29) is 0 Å². The molecule has 0 N–H and O–H groups in total. The molecule has 2 heteroatoms. The summed E-state index contributed by atoms with van der Waals surface area (Å²) >= 11 is 6.46. The smallest absolute Gasteiger partial charge is 0.0641 e. The van der Waals surface area contributed by atoms with Gasteiger partial charge in [-0.2, -0.15) is 0 Å². The van der Waals surface area contributed by atoms with E-state index in [2.05, 4.69) is 77.1 Å². The number of halogens is 1. The lowest BCUT2D eigenvalue weighted by Crippen LogP contribution is -2.25. The van der Waals surface area contributed by atoms with Crippen LogP contribution in [-0.2, 0) is 0 Å². The average Bonchev–Trinajstić information content (AvgIpc) is 2.53. The van der Waals surface area contributed by atoms with Crippen molar-refractivity contribution in [3.63, 3.8) is 0 Å². The van der Waals surface area contributed by atoms with Gasteiger partial charge in [0, 0.05) is 13.1 Å². The zero-order valence-corrected chi connectivity index (χ0v) is 18.0. The van der Waals surface area contributed by atoms with E-state index in [9.17, 15) is 0 Å². The molecule has 0 heterocycles. The fourth-order valence-corrected chi connectivity index (χ4v) is 2.90. The fraction of sp³-hybridized carbons (Fsp3) is 0.478. The van der Waals surface area contributed by atoms with Crippen molar-refractivity contribution in [1.29, 1.82) is 0 Å². The number of hydrogen-bond acceptors (Lipinski definition) is 1. The average molecular weight is 362 g/mol. The van der Waals surface area contributed by atoms with Crippen molar-refractivity contribution in [3.8, 4) is 0 Å². The van der Waals surface area contributed by atoms with Crippen LogP contribution in [0.2, 0.25) is 0 Å². The molecule has 0 aliphatic carbocycles. The van der Waals surface area contributed by atoms with E-state index in [0.717, 1.165) is 24.2 Å². The minimum Gasteiger partial charge on any atom is -0.302 e. The van der Waals surface area contributed by atoms with Gasteiger partial charge in [-0.05, 0) is 64.3 Å². The minimum atomic E-state index is -0.403. The Hall–Kier alpha value is -1.31. The summed E-state index contributed by atoms with van der Waals surface area (Å²) in [7, 11) is 2.14. The second kappa shape index (κ2) is 11.3. The van der Waals surface area contributed by atoms with E-state index >= 15 is 0 Å². The summed E-state index contributed by atoms with van der Waals surface area (Å²) in [5, 5.41) is 0. The predicted octanol–water partition coefficient (Wildman–Crippen LogP) is 6.71. The van der Waals surface area contributed by atoms with Gasteiger partial charge in [0.2, 0.25) is 0 Å². The summed E-state index contributed by atoms with van der Waals surface area (Å²) in [6.07, 6.45) is 12.3. The number of nitrogens with zero attached hydrogens (tertiary/aromatic N) is 1. The maximum absolute atomic E-state index is 6.46. The molecule has 25 heavy (non-hydrogen) atoms. The molecule has 0 saturated carbocycles. The molecule has 0 fully saturated rings. The summed E-state index contributed by atoms with van der Waals surface area (Å²) in [4.78, 5) is 1.91. The molecule has 0 radical (unpaired) electrons. The number of alkyl halides is 1. The number of hydrogen-bond donors (Lipinski definition) is 0. The Balaban J connectivity index is 4.73. The van der Waals surface area contributed by atoms with Crippen LogP contribution in [0.3, 0.4) is 0 Å².